The quantitative estimate of drug-likeness (QED) is 0.532. The zero-order chi connectivity index (χ0) is 23.2. The number of nitrogens with one attached hydrogen (secondary N) is 1. The number of aryl methyl sites for hydroxylation is 1. The maximum atomic E-state index is 13.1. The molecule has 170 valence electrons. The number of rotatable bonds is 7. The summed E-state index contributed by atoms with van der Waals surface area (Å²) in [5, 5.41) is 12.4. The molecule has 1 aliphatic rings. The predicted octanol–water partition coefficient (Wildman–Crippen LogP) is 5.13. The van der Waals surface area contributed by atoms with Crippen molar-refractivity contribution >= 4 is 17.6 Å². The lowest BCUT2D eigenvalue weighted by Gasteiger charge is -2.33. The minimum atomic E-state index is -0.972. The van der Waals surface area contributed by atoms with Crippen LogP contribution in [-0.2, 0) is 11.2 Å². The number of piperidine rings is 1. The molecule has 1 aliphatic heterocycles. The third kappa shape index (κ3) is 5.61. The van der Waals surface area contributed by atoms with Gasteiger partial charge in [-0.1, -0.05) is 54.6 Å². The van der Waals surface area contributed by atoms with Crippen LogP contribution in [0.15, 0.2) is 72.8 Å². The Bertz CT molecular complexity index is 1100. The summed E-state index contributed by atoms with van der Waals surface area (Å²) >= 11 is 0. The molecular formula is C28H30N2O3. The van der Waals surface area contributed by atoms with Gasteiger partial charge in [-0.2, -0.15) is 0 Å². The van der Waals surface area contributed by atoms with E-state index in [2.05, 4.69) is 35.3 Å². The standard InChI is InChI=1S/C28H30N2O3/c1-20-10-15-24(25(18-20)30-16-6-3-7-17-30)27(22-8-4-2-5-9-22)29-26(31)19-21-11-13-23(14-12-21)28(32)33/h2,4-5,8-15,18,27H,3,6-7,16-17,19H2,1H3,(H,29,31)(H,32,33). The van der Waals surface area contributed by atoms with Crippen molar-refractivity contribution in [1.29, 1.82) is 0 Å². The highest BCUT2D eigenvalue weighted by atomic mass is 16.4. The van der Waals surface area contributed by atoms with Crippen LogP contribution >= 0.6 is 0 Å². The van der Waals surface area contributed by atoms with Gasteiger partial charge in [-0.15, -0.1) is 0 Å². The van der Waals surface area contributed by atoms with Gasteiger partial charge >= 0.3 is 5.97 Å². The number of benzene rings is 3. The monoisotopic (exact) mass is 442 g/mol. The van der Waals surface area contributed by atoms with Gasteiger partial charge in [0.15, 0.2) is 0 Å². The van der Waals surface area contributed by atoms with E-state index in [4.69, 9.17) is 5.11 Å². The van der Waals surface area contributed by atoms with E-state index < -0.39 is 5.97 Å². The molecule has 5 nitrogen and oxygen atoms in total. The third-order valence-corrected chi connectivity index (χ3v) is 6.20. The van der Waals surface area contributed by atoms with Crippen LogP contribution in [0.4, 0.5) is 5.69 Å². The number of hydrogen-bond acceptors (Lipinski definition) is 3. The van der Waals surface area contributed by atoms with Crippen LogP contribution in [0.3, 0.4) is 0 Å². The highest BCUT2D eigenvalue weighted by Crippen LogP contribution is 2.33. The molecule has 0 aliphatic carbocycles. The van der Waals surface area contributed by atoms with Gasteiger partial charge in [-0.25, -0.2) is 4.79 Å². The molecule has 1 amide bonds. The number of carbonyl (C=O) groups is 2. The number of amides is 1. The van der Waals surface area contributed by atoms with Crippen molar-refractivity contribution in [2.75, 3.05) is 18.0 Å². The number of carboxylic acid groups (broad SMARTS) is 1. The smallest absolute Gasteiger partial charge is 0.335 e. The Hall–Kier alpha value is -3.60. The van der Waals surface area contributed by atoms with Gasteiger partial charge in [0.05, 0.1) is 18.0 Å². The Labute approximate surface area is 195 Å². The van der Waals surface area contributed by atoms with Crippen molar-refractivity contribution in [2.45, 2.75) is 38.6 Å². The van der Waals surface area contributed by atoms with Crippen LogP contribution in [0.5, 0.6) is 0 Å². The molecular weight excluding hydrogens is 412 g/mol. The van der Waals surface area contributed by atoms with Gasteiger partial charge in [0.25, 0.3) is 0 Å². The van der Waals surface area contributed by atoms with Gasteiger partial charge in [0.2, 0.25) is 5.91 Å². The SMILES string of the molecule is Cc1ccc(C(NC(=O)Cc2ccc(C(=O)O)cc2)c2ccccc2)c(N2CCCCC2)c1. The normalized spacial score (nSPS) is 14.5. The van der Waals surface area contributed by atoms with Gasteiger partial charge in [0.1, 0.15) is 0 Å². The molecule has 0 bridgehead atoms. The van der Waals surface area contributed by atoms with Crippen LogP contribution < -0.4 is 10.2 Å². The van der Waals surface area contributed by atoms with E-state index in [0.29, 0.717) is 0 Å². The number of hydrogen-bond donors (Lipinski definition) is 2. The average Bonchev–Trinajstić information content (AvgIpc) is 2.84. The second-order valence-corrected chi connectivity index (χ2v) is 8.70. The first-order chi connectivity index (χ1) is 16.0. The van der Waals surface area contributed by atoms with E-state index in [9.17, 15) is 9.59 Å². The minimum Gasteiger partial charge on any atom is -0.478 e. The van der Waals surface area contributed by atoms with Crippen molar-refractivity contribution in [3.05, 3.63) is 101 Å². The summed E-state index contributed by atoms with van der Waals surface area (Å²) in [4.78, 5) is 26.6. The Morgan fingerprint density at radius 2 is 1.64 bits per heavy atom. The molecule has 2 N–H and O–H groups in total. The molecule has 4 rings (SSSR count). The van der Waals surface area contributed by atoms with Crippen LogP contribution in [-0.4, -0.2) is 30.1 Å². The van der Waals surface area contributed by atoms with Crippen LogP contribution in [0.2, 0.25) is 0 Å². The molecule has 0 aromatic heterocycles. The molecule has 1 atom stereocenters. The summed E-state index contributed by atoms with van der Waals surface area (Å²) in [6.07, 6.45) is 3.81. The first-order valence-electron chi connectivity index (χ1n) is 11.5. The second-order valence-electron chi connectivity index (χ2n) is 8.70. The first kappa shape index (κ1) is 22.6. The van der Waals surface area contributed by atoms with Crippen molar-refractivity contribution in [3.63, 3.8) is 0 Å². The molecule has 33 heavy (non-hydrogen) atoms. The molecule has 1 unspecified atom stereocenters. The summed E-state index contributed by atoms with van der Waals surface area (Å²) in [5.74, 6) is -1.07. The van der Waals surface area contributed by atoms with Gasteiger partial charge in [-0.3, -0.25) is 4.79 Å². The highest BCUT2D eigenvalue weighted by molar-refractivity contribution is 5.88. The number of carbonyl (C=O) groups excluding carboxylic acids is 1. The first-order valence-corrected chi connectivity index (χ1v) is 11.5. The largest absolute Gasteiger partial charge is 0.478 e. The second kappa shape index (κ2) is 10.3. The summed E-state index contributed by atoms with van der Waals surface area (Å²) < 4.78 is 0. The average molecular weight is 443 g/mol. The third-order valence-electron chi connectivity index (χ3n) is 6.20. The number of anilines is 1. The predicted molar refractivity (Wildman–Crippen MR) is 131 cm³/mol. The summed E-state index contributed by atoms with van der Waals surface area (Å²) in [6.45, 7) is 4.16. The fourth-order valence-corrected chi connectivity index (χ4v) is 4.46. The molecule has 0 saturated carbocycles. The molecule has 1 saturated heterocycles. The number of nitrogens with zero attached hydrogens (tertiary/aromatic N) is 1. The Balaban J connectivity index is 1.63. The van der Waals surface area contributed by atoms with E-state index in [1.165, 1.54) is 42.6 Å². The van der Waals surface area contributed by atoms with Gasteiger partial charge < -0.3 is 15.3 Å². The molecule has 5 heteroatoms. The molecule has 3 aromatic carbocycles. The lowest BCUT2D eigenvalue weighted by molar-refractivity contribution is -0.120. The molecule has 0 spiro atoms. The van der Waals surface area contributed by atoms with Crippen molar-refractivity contribution in [3.8, 4) is 0 Å². The molecule has 3 aromatic rings. The van der Waals surface area contributed by atoms with Gasteiger partial charge in [0, 0.05) is 24.3 Å². The topological polar surface area (TPSA) is 69.6 Å². The van der Waals surface area contributed by atoms with E-state index in [1.807, 2.05) is 30.3 Å². The maximum Gasteiger partial charge on any atom is 0.335 e. The van der Waals surface area contributed by atoms with E-state index >= 15 is 0 Å². The van der Waals surface area contributed by atoms with E-state index in [-0.39, 0.29) is 23.9 Å². The Kier molecular flexibility index (Phi) is 7.08. The van der Waals surface area contributed by atoms with E-state index in [1.54, 1.807) is 12.1 Å². The van der Waals surface area contributed by atoms with Crippen molar-refractivity contribution in [2.24, 2.45) is 0 Å². The number of aromatic carboxylic acids is 1. The Morgan fingerprint density at radius 3 is 2.30 bits per heavy atom. The minimum absolute atomic E-state index is 0.0999. The Morgan fingerprint density at radius 1 is 0.939 bits per heavy atom. The molecule has 1 fully saturated rings. The molecule has 1 heterocycles. The fourth-order valence-electron chi connectivity index (χ4n) is 4.46. The number of carboxylic acids is 1. The van der Waals surface area contributed by atoms with Gasteiger partial charge in [-0.05, 0) is 61.1 Å². The van der Waals surface area contributed by atoms with Crippen molar-refractivity contribution in [1.82, 2.24) is 5.32 Å². The van der Waals surface area contributed by atoms with Crippen LogP contribution in [0, 0.1) is 6.92 Å². The fraction of sp³-hybridized carbons (Fsp3) is 0.286. The van der Waals surface area contributed by atoms with Crippen LogP contribution in [0.25, 0.3) is 0 Å². The zero-order valence-corrected chi connectivity index (χ0v) is 19.0. The zero-order valence-electron chi connectivity index (χ0n) is 19.0. The lowest BCUT2D eigenvalue weighted by Crippen LogP contribution is -2.34. The molecule has 0 radical (unpaired) electrons. The summed E-state index contributed by atoms with van der Waals surface area (Å²) in [7, 11) is 0. The summed E-state index contributed by atoms with van der Waals surface area (Å²) in [5.41, 5.74) is 5.53. The van der Waals surface area contributed by atoms with Crippen molar-refractivity contribution < 1.29 is 14.7 Å². The van der Waals surface area contributed by atoms with Crippen LogP contribution in [0.1, 0.15) is 57.9 Å². The van der Waals surface area contributed by atoms with E-state index in [0.717, 1.165) is 29.8 Å². The lowest BCUT2D eigenvalue weighted by atomic mass is 9.94. The highest BCUT2D eigenvalue weighted by Gasteiger charge is 2.23. The maximum absolute atomic E-state index is 13.1. The summed E-state index contributed by atoms with van der Waals surface area (Å²) in [6, 6.07) is 22.7.